The van der Waals surface area contributed by atoms with E-state index >= 15 is 0 Å². The van der Waals surface area contributed by atoms with E-state index in [0.29, 0.717) is 10.0 Å². The summed E-state index contributed by atoms with van der Waals surface area (Å²) in [6.07, 6.45) is 0.367. The third-order valence-electron chi connectivity index (χ3n) is 2.12. The number of halogens is 1. The van der Waals surface area contributed by atoms with Gasteiger partial charge in [0.05, 0.1) is 17.7 Å². The van der Waals surface area contributed by atoms with Crippen molar-refractivity contribution in [3.8, 4) is 5.75 Å². The molecule has 1 N–H and O–H groups in total. The summed E-state index contributed by atoms with van der Waals surface area (Å²) in [6.45, 7) is 1.57. The Morgan fingerprint density at radius 2 is 2.00 bits per heavy atom. The molecule has 0 fully saturated rings. The van der Waals surface area contributed by atoms with Gasteiger partial charge in [0.1, 0.15) is 4.90 Å². The highest BCUT2D eigenvalue weighted by atomic mass is 79.9. The zero-order valence-corrected chi connectivity index (χ0v) is 11.6. The smallest absolute Gasteiger partial charge is 0.179 e. The van der Waals surface area contributed by atoms with Crippen LogP contribution in [0.15, 0.2) is 21.5 Å². The molecule has 0 aliphatic heterocycles. The first kappa shape index (κ1) is 13.5. The Kier molecular flexibility index (Phi) is 3.98. The monoisotopic (exact) mass is 308 g/mol. The summed E-state index contributed by atoms with van der Waals surface area (Å²) in [5.74, 6) is 0.256. The van der Waals surface area contributed by atoms with Gasteiger partial charge in [-0.1, -0.05) is 0 Å². The maximum atomic E-state index is 11.6. The highest BCUT2D eigenvalue weighted by Crippen LogP contribution is 2.35. The zero-order valence-electron chi connectivity index (χ0n) is 9.19. The SMILES string of the molecule is COc1c(Br)cc(C(C)O)cc1S(C)(=O)=O. The van der Waals surface area contributed by atoms with E-state index in [1.54, 1.807) is 13.0 Å². The molecule has 0 aromatic heterocycles. The first-order chi connectivity index (χ1) is 7.27. The number of hydrogen-bond acceptors (Lipinski definition) is 4. The standard InChI is InChI=1S/C10H13BrO4S/c1-6(12)7-4-8(11)10(15-2)9(5-7)16(3,13)14/h4-6,12H,1-3H3. The lowest BCUT2D eigenvalue weighted by atomic mass is 10.1. The molecule has 0 spiro atoms. The first-order valence-corrected chi connectivity index (χ1v) is 7.21. The lowest BCUT2D eigenvalue weighted by molar-refractivity contribution is 0.199. The topological polar surface area (TPSA) is 63.6 Å². The van der Waals surface area contributed by atoms with Gasteiger partial charge in [-0.15, -0.1) is 0 Å². The van der Waals surface area contributed by atoms with Crippen LogP contribution in [0.2, 0.25) is 0 Å². The summed E-state index contributed by atoms with van der Waals surface area (Å²) in [6, 6.07) is 3.06. The van der Waals surface area contributed by atoms with Gasteiger partial charge in [0, 0.05) is 6.26 Å². The molecule has 0 saturated heterocycles. The third-order valence-corrected chi connectivity index (χ3v) is 3.81. The lowest BCUT2D eigenvalue weighted by Crippen LogP contribution is -2.04. The van der Waals surface area contributed by atoms with Crippen molar-refractivity contribution >= 4 is 25.8 Å². The fourth-order valence-electron chi connectivity index (χ4n) is 1.30. The van der Waals surface area contributed by atoms with Crippen LogP contribution in [0, 0.1) is 0 Å². The van der Waals surface area contributed by atoms with E-state index in [2.05, 4.69) is 15.9 Å². The number of methoxy groups -OCH3 is 1. The molecule has 0 aliphatic rings. The summed E-state index contributed by atoms with van der Waals surface area (Å²) in [5.41, 5.74) is 0.521. The average Bonchev–Trinajstić information content (AvgIpc) is 2.14. The molecule has 0 saturated carbocycles. The van der Waals surface area contributed by atoms with Gasteiger partial charge in [0.2, 0.25) is 0 Å². The van der Waals surface area contributed by atoms with Crippen molar-refractivity contribution in [2.24, 2.45) is 0 Å². The van der Waals surface area contributed by atoms with E-state index in [1.165, 1.54) is 13.2 Å². The molecule has 0 heterocycles. The number of sulfone groups is 1. The van der Waals surface area contributed by atoms with Crippen LogP contribution in [0.5, 0.6) is 5.75 Å². The van der Waals surface area contributed by atoms with Crippen molar-refractivity contribution < 1.29 is 18.3 Å². The van der Waals surface area contributed by atoms with Crippen LogP contribution in [0.3, 0.4) is 0 Å². The van der Waals surface area contributed by atoms with Gasteiger partial charge in [0.15, 0.2) is 15.6 Å². The molecule has 0 aliphatic carbocycles. The number of benzene rings is 1. The predicted molar refractivity (Wildman–Crippen MR) is 64.4 cm³/mol. The van der Waals surface area contributed by atoms with Gasteiger partial charge in [0.25, 0.3) is 0 Å². The van der Waals surface area contributed by atoms with E-state index in [9.17, 15) is 13.5 Å². The predicted octanol–water partition coefficient (Wildman–Crippen LogP) is 1.91. The Morgan fingerprint density at radius 3 is 2.38 bits per heavy atom. The van der Waals surface area contributed by atoms with Crippen LogP contribution in [0.1, 0.15) is 18.6 Å². The Morgan fingerprint density at radius 1 is 1.44 bits per heavy atom. The summed E-state index contributed by atoms with van der Waals surface area (Å²) >= 11 is 3.22. The van der Waals surface area contributed by atoms with Crippen molar-refractivity contribution in [3.63, 3.8) is 0 Å². The molecule has 1 aromatic rings. The van der Waals surface area contributed by atoms with Gasteiger partial charge in [-0.05, 0) is 40.5 Å². The van der Waals surface area contributed by atoms with E-state index < -0.39 is 15.9 Å². The Bertz CT molecular complexity index is 494. The second-order valence-corrected chi connectivity index (χ2v) is 6.32. The van der Waals surface area contributed by atoms with Crippen molar-refractivity contribution in [2.45, 2.75) is 17.9 Å². The quantitative estimate of drug-likeness (QED) is 0.926. The lowest BCUT2D eigenvalue weighted by Gasteiger charge is -2.13. The zero-order chi connectivity index (χ0) is 12.5. The van der Waals surface area contributed by atoms with Crippen LogP contribution in [0.25, 0.3) is 0 Å². The highest BCUT2D eigenvalue weighted by molar-refractivity contribution is 9.10. The van der Waals surface area contributed by atoms with Crippen LogP contribution in [-0.4, -0.2) is 26.9 Å². The minimum Gasteiger partial charge on any atom is -0.494 e. The Balaban J connectivity index is 3.56. The van der Waals surface area contributed by atoms with Crippen molar-refractivity contribution in [1.29, 1.82) is 0 Å². The molecule has 0 amide bonds. The van der Waals surface area contributed by atoms with E-state index in [4.69, 9.17) is 4.74 Å². The number of ether oxygens (including phenoxy) is 1. The number of hydrogen-bond donors (Lipinski definition) is 1. The molecule has 1 atom stereocenters. The van der Waals surface area contributed by atoms with Crippen LogP contribution in [0.4, 0.5) is 0 Å². The molecule has 0 bridgehead atoms. The molecule has 1 aromatic carbocycles. The second kappa shape index (κ2) is 4.73. The van der Waals surface area contributed by atoms with Crippen LogP contribution in [-0.2, 0) is 9.84 Å². The minimum atomic E-state index is -3.39. The van der Waals surface area contributed by atoms with Gasteiger partial charge in [-0.3, -0.25) is 0 Å². The fraction of sp³-hybridized carbons (Fsp3) is 0.400. The first-order valence-electron chi connectivity index (χ1n) is 4.53. The van der Waals surface area contributed by atoms with E-state index in [-0.39, 0.29) is 10.6 Å². The minimum absolute atomic E-state index is 0.0697. The maximum Gasteiger partial charge on any atom is 0.179 e. The summed E-state index contributed by atoms with van der Waals surface area (Å²) in [7, 11) is -1.99. The Hall–Kier alpha value is -0.590. The largest absolute Gasteiger partial charge is 0.494 e. The molecule has 1 rings (SSSR count). The van der Waals surface area contributed by atoms with Crippen molar-refractivity contribution in [1.82, 2.24) is 0 Å². The average molecular weight is 309 g/mol. The van der Waals surface area contributed by atoms with Gasteiger partial charge >= 0.3 is 0 Å². The molecular formula is C10H13BrO4S. The molecule has 6 heteroatoms. The molecule has 4 nitrogen and oxygen atoms in total. The van der Waals surface area contributed by atoms with E-state index in [1.807, 2.05) is 0 Å². The number of rotatable bonds is 3. The third kappa shape index (κ3) is 2.75. The molecule has 16 heavy (non-hydrogen) atoms. The Labute approximate surface area is 103 Å². The summed E-state index contributed by atoms with van der Waals surface area (Å²) in [4.78, 5) is 0.0697. The highest BCUT2D eigenvalue weighted by Gasteiger charge is 2.19. The molecule has 0 radical (unpaired) electrons. The van der Waals surface area contributed by atoms with Crippen molar-refractivity contribution in [3.05, 3.63) is 22.2 Å². The second-order valence-electron chi connectivity index (χ2n) is 3.48. The van der Waals surface area contributed by atoms with Gasteiger partial charge in [-0.2, -0.15) is 0 Å². The number of aliphatic hydroxyl groups excluding tert-OH is 1. The molecule has 1 unspecified atom stereocenters. The van der Waals surface area contributed by atoms with Crippen LogP contribution >= 0.6 is 15.9 Å². The van der Waals surface area contributed by atoms with E-state index in [0.717, 1.165) is 6.26 Å². The molecule has 90 valence electrons. The summed E-state index contributed by atoms with van der Waals surface area (Å²) in [5, 5.41) is 9.45. The van der Waals surface area contributed by atoms with Gasteiger partial charge in [-0.25, -0.2) is 8.42 Å². The molecular weight excluding hydrogens is 296 g/mol. The summed E-state index contributed by atoms with van der Waals surface area (Å²) < 4.78 is 28.7. The maximum absolute atomic E-state index is 11.6. The van der Waals surface area contributed by atoms with Crippen molar-refractivity contribution in [2.75, 3.05) is 13.4 Å². The fourth-order valence-corrected chi connectivity index (χ4v) is 2.95. The van der Waals surface area contributed by atoms with Gasteiger partial charge < -0.3 is 9.84 Å². The number of aliphatic hydroxyl groups is 1. The normalized spacial score (nSPS) is 13.6. The van der Waals surface area contributed by atoms with Crippen LogP contribution < -0.4 is 4.74 Å².